The van der Waals surface area contributed by atoms with Gasteiger partial charge in [-0.1, -0.05) is 12.1 Å². The summed E-state index contributed by atoms with van der Waals surface area (Å²) in [5.74, 6) is 1.75. The lowest BCUT2D eigenvalue weighted by atomic mass is 10.1. The average molecular weight is 401 g/mol. The van der Waals surface area contributed by atoms with E-state index in [4.69, 9.17) is 9.15 Å². The Labute approximate surface area is 168 Å². The molecule has 0 N–H and O–H groups in total. The summed E-state index contributed by atoms with van der Waals surface area (Å²) in [5, 5.41) is 2.03. The van der Waals surface area contributed by atoms with E-state index in [2.05, 4.69) is 14.8 Å². The number of aryl methyl sites for hydroxylation is 3. The lowest BCUT2D eigenvalue weighted by molar-refractivity contribution is -0.269. The van der Waals surface area contributed by atoms with Gasteiger partial charge in [0.1, 0.15) is 23.8 Å². The predicted octanol–water partition coefficient (Wildman–Crippen LogP) is 5.03. The monoisotopic (exact) mass is 401 g/mol. The smallest absolute Gasteiger partial charge is 0.342 e. The SMILES string of the molecule is CCOOC(=O)CCc1ccc(OCc2nc(-c3sccc3C)oc2C)cc1. The number of carbonyl (C=O) groups excluding carboxylic acids is 1. The quantitative estimate of drug-likeness (QED) is 0.370. The lowest BCUT2D eigenvalue weighted by Crippen LogP contribution is -2.06. The molecule has 0 atom stereocenters. The van der Waals surface area contributed by atoms with Crippen LogP contribution < -0.4 is 4.74 Å². The molecule has 0 fully saturated rings. The van der Waals surface area contributed by atoms with Crippen molar-refractivity contribution in [3.05, 3.63) is 58.3 Å². The summed E-state index contributed by atoms with van der Waals surface area (Å²) in [6.07, 6.45) is 0.849. The van der Waals surface area contributed by atoms with E-state index in [1.54, 1.807) is 18.3 Å². The zero-order chi connectivity index (χ0) is 19.9. The van der Waals surface area contributed by atoms with Gasteiger partial charge in [-0.3, -0.25) is 4.89 Å². The fraction of sp³-hybridized carbons (Fsp3) is 0.333. The Morgan fingerprint density at radius 1 is 1.18 bits per heavy atom. The first-order chi connectivity index (χ1) is 13.6. The van der Waals surface area contributed by atoms with Gasteiger partial charge in [0.25, 0.3) is 0 Å². The van der Waals surface area contributed by atoms with Crippen LogP contribution in [0, 0.1) is 13.8 Å². The van der Waals surface area contributed by atoms with Gasteiger partial charge in [0.2, 0.25) is 5.89 Å². The van der Waals surface area contributed by atoms with Crippen molar-refractivity contribution in [2.45, 2.75) is 40.2 Å². The van der Waals surface area contributed by atoms with Crippen molar-refractivity contribution in [3.8, 4) is 16.5 Å². The van der Waals surface area contributed by atoms with E-state index in [-0.39, 0.29) is 12.4 Å². The molecule has 0 bridgehead atoms. The van der Waals surface area contributed by atoms with Crippen LogP contribution in [0.1, 0.15) is 35.9 Å². The van der Waals surface area contributed by atoms with E-state index in [9.17, 15) is 4.79 Å². The summed E-state index contributed by atoms with van der Waals surface area (Å²) in [6, 6.07) is 9.67. The van der Waals surface area contributed by atoms with Gasteiger partial charge in [-0.05, 0) is 61.9 Å². The maximum Gasteiger partial charge on any atom is 0.342 e. The van der Waals surface area contributed by atoms with Gasteiger partial charge in [0.15, 0.2) is 0 Å². The van der Waals surface area contributed by atoms with Crippen LogP contribution in [0.4, 0.5) is 0 Å². The maximum absolute atomic E-state index is 11.5. The first-order valence-corrected chi connectivity index (χ1v) is 9.99. The topological polar surface area (TPSA) is 70.8 Å². The number of ether oxygens (including phenoxy) is 1. The van der Waals surface area contributed by atoms with Gasteiger partial charge in [-0.15, -0.1) is 11.3 Å². The number of nitrogens with zero attached hydrogens (tertiary/aromatic N) is 1. The normalized spacial score (nSPS) is 10.8. The van der Waals surface area contributed by atoms with Crippen LogP contribution in [0.5, 0.6) is 5.75 Å². The number of hydrogen-bond acceptors (Lipinski definition) is 7. The van der Waals surface area contributed by atoms with Gasteiger partial charge in [0, 0.05) is 0 Å². The van der Waals surface area contributed by atoms with Crippen LogP contribution in [-0.4, -0.2) is 17.6 Å². The summed E-state index contributed by atoms with van der Waals surface area (Å²) in [4.78, 5) is 26.3. The molecule has 2 heterocycles. The fourth-order valence-corrected chi connectivity index (χ4v) is 3.42. The lowest BCUT2D eigenvalue weighted by Gasteiger charge is -2.06. The molecule has 28 heavy (non-hydrogen) atoms. The summed E-state index contributed by atoms with van der Waals surface area (Å²) in [6.45, 7) is 6.37. The number of rotatable bonds is 9. The molecule has 0 amide bonds. The molecule has 6 nitrogen and oxygen atoms in total. The van der Waals surface area contributed by atoms with Crippen molar-refractivity contribution >= 4 is 17.3 Å². The van der Waals surface area contributed by atoms with Crippen LogP contribution in [0.3, 0.4) is 0 Å². The number of benzene rings is 1. The van der Waals surface area contributed by atoms with Crippen molar-refractivity contribution < 1.29 is 23.7 Å². The summed E-state index contributed by atoms with van der Waals surface area (Å²) in [7, 11) is 0. The van der Waals surface area contributed by atoms with E-state index in [1.165, 1.54) is 0 Å². The molecule has 0 spiro atoms. The van der Waals surface area contributed by atoms with E-state index < -0.39 is 0 Å². The van der Waals surface area contributed by atoms with Crippen molar-refractivity contribution in [1.82, 2.24) is 4.98 Å². The number of thiophene rings is 1. The van der Waals surface area contributed by atoms with Crippen LogP contribution in [0.15, 0.2) is 40.1 Å². The second kappa shape index (κ2) is 9.52. The van der Waals surface area contributed by atoms with Crippen LogP contribution in [0.2, 0.25) is 0 Å². The Hall–Kier alpha value is -2.64. The molecule has 0 radical (unpaired) electrons. The molecule has 0 saturated carbocycles. The number of aromatic nitrogens is 1. The number of hydrogen-bond donors (Lipinski definition) is 0. The first-order valence-electron chi connectivity index (χ1n) is 9.11. The van der Waals surface area contributed by atoms with E-state index >= 15 is 0 Å². The number of oxazole rings is 1. The molecule has 0 aliphatic rings. The zero-order valence-corrected chi connectivity index (χ0v) is 17.0. The third-order valence-corrected chi connectivity index (χ3v) is 5.14. The molecular weight excluding hydrogens is 378 g/mol. The Morgan fingerprint density at radius 3 is 2.64 bits per heavy atom. The van der Waals surface area contributed by atoms with Crippen molar-refractivity contribution in [2.75, 3.05) is 6.61 Å². The zero-order valence-electron chi connectivity index (χ0n) is 16.2. The highest BCUT2D eigenvalue weighted by atomic mass is 32.1. The van der Waals surface area contributed by atoms with Crippen LogP contribution in [-0.2, 0) is 27.6 Å². The highest BCUT2D eigenvalue weighted by Crippen LogP contribution is 2.30. The highest BCUT2D eigenvalue weighted by Gasteiger charge is 2.14. The standard InChI is InChI=1S/C21H23NO5S/c1-4-25-27-19(23)10-7-16-5-8-17(9-6-16)24-13-18-15(3)26-21(22-18)20-14(2)11-12-28-20/h5-6,8-9,11-12H,4,7,10,13H2,1-3H3. The molecule has 0 aliphatic heterocycles. The molecule has 0 unspecified atom stereocenters. The van der Waals surface area contributed by atoms with Gasteiger partial charge in [-0.25, -0.2) is 9.78 Å². The van der Waals surface area contributed by atoms with Gasteiger partial charge < -0.3 is 9.15 Å². The van der Waals surface area contributed by atoms with Gasteiger partial charge >= 0.3 is 5.97 Å². The van der Waals surface area contributed by atoms with Crippen LogP contribution in [0.25, 0.3) is 10.8 Å². The molecule has 2 aromatic heterocycles. The second-order valence-electron chi connectivity index (χ2n) is 6.25. The largest absolute Gasteiger partial charge is 0.487 e. The Morgan fingerprint density at radius 2 is 1.96 bits per heavy atom. The predicted molar refractivity (Wildman–Crippen MR) is 106 cm³/mol. The van der Waals surface area contributed by atoms with Gasteiger partial charge in [0.05, 0.1) is 17.9 Å². The van der Waals surface area contributed by atoms with E-state index in [1.807, 2.05) is 49.6 Å². The average Bonchev–Trinajstić information content (AvgIpc) is 3.29. The minimum atomic E-state index is -0.375. The molecule has 7 heteroatoms. The highest BCUT2D eigenvalue weighted by molar-refractivity contribution is 7.13. The Bertz CT molecular complexity index is 913. The summed E-state index contributed by atoms with van der Waals surface area (Å²) in [5.41, 5.74) is 2.96. The third-order valence-electron chi connectivity index (χ3n) is 4.14. The molecule has 148 valence electrons. The Kier molecular flexibility index (Phi) is 6.84. The minimum absolute atomic E-state index is 0.267. The third kappa shape index (κ3) is 5.21. The number of carbonyl (C=O) groups is 1. The minimum Gasteiger partial charge on any atom is -0.487 e. The first kappa shape index (κ1) is 20.1. The van der Waals surface area contributed by atoms with Crippen molar-refractivity contribution in [2.24, 2.45) is 0 Å². The summed E-state index contributed by atoms with van der Waals surface area (Å²) >= 11 is 1.61. The second-order valence-corrected chi connectivity index (χ2v) is 7.17. The molecule has 0 aliphatic carbocycles. The van der Waals surface area contributed by atoms with Crippen molar-refractivity contribution in [1.29, 1.82) is 0 Å². The molecule has 1 aromatic carbocycles. The van der Waals surface area contributed by atoms with E-state index in [0.717, 1.165) is 33.2 Å². The maximum atomic E-state index is 11.5. The van der Waals surface area contributed by atoms with Crippen molar-refractivity contribution in [3.63, 3.8) is 0 Å². The van der Waals surface area contributed by atoms with Crippen LogP contribution >= 0.6 is 11.3 Å². The van der Waals surface area contributed by atoms with Gasteiger partial charge in [-0.2, -0.15) is 4.89 Å². The molecule has 3 rings (SSSR count). The summed E-state index contributed by atoms with van der Waals surface area (Å²) < 4.78 is 11.6. The fourth-order valence-electron chi connectivity index (χ4n) is 2.57. The molecule has 3 aromatic rings. The van der Waals surface area contributed by atoms with E-state index in [0.29, 0.717) is 25.5 Å². The molecule has 0 saturated heterocycles. The molecular formula is C21H23NO5S. The Balaban J connectivity index is 1.53.